The van der Waals surface area contributed by atoms with Crippen LogP contribution in [0.25, 0.3) is 11.0 Å². The van der Waals surface area contributed by atoms with Gasteiger partial charge in [-0.25, -0.2) is 4.79 Å². The van der Waals surface area contributed by atoms with Crippen LogP contribution in [0.5, 0.6) is 0 Å². The standard InChI is InChI=1S/C15H19NO3/c1-9(2)10(3)16-8-11-4-5-13-12(6-11)7-14(19-13)15(17)18/h4-7,9-10,16H,8H2,1-3H3,(H,17,18). The minimum absolute atomic E-state index is 0.0179. The first-order valence-corrected chi connectivity index (χ1v) is 6.46. The second-order valence-corrected chi connectivity index (χ2v) is 5.20. The van der Waals surface area contributed by atoms with Gasteiger partial charge in [0.05, 0.1) is 0 Å². The van der Waals surface area contributed by atoms with Gasteiger partial charge >= 0.3 is 5.97 Å². The Hall–Kier alpha value is -1.81. The molecule has 1 atom stereocenters. The number of carbonyl (C=O) groups is 1. The van der Waals surface area contributed by atoms with Crippen LogP contribution in [0.4, 0.5) is 0 Å². The summed E-state index contributed by atoms with van der Waals surface area (Å²) < 4.78 is 5.23. The number of benzene rings is 1. The smallest absolute Gasteiger partial charge is 0.371 e. The summed E-state index contributed by atoms with van der Waals surface area (Å²) in [6.07, 6.45) is 0. The second-order valence-electron chi connectivity index (χ2n) is 5.20. The van der Waals surface area contributed by atoms with E-state index in [4.69, 9.17) is 9.52 Å². The fourth-order valence-electron chi connectivity index (χ4n) is 1.82. The number of rotatable bonds is 5. The predicted molar refractivity (Wildman–Crippen MR) is 74.3 cm³/mol. The Bertz CT molecular complexity index is 586. The molecule has 0 fully saturated rings. The number of carboxylic acids is 1. The van der Waals surface area contributed by atoms with E-state index in [-0.39, 0.29) is 5.76 Å². The van der Waals surface area contributed by atoms with Gasteiger partial charge in [-0.3, -0.25) is 0 Å². The topological polar surface area (TPSA) is 62.5 Å². The summed E-state index contributed by atoms with van der Waals surface area (Å²) in [5.41, 5.74) is 1.73. The van der Waals surface area contributed by atoms with Crippen molar-refractivity contribution in [3.63, 3.8) is 0 Å². The number of fused-ring (bicyclic) bond motifs is 1. The van der Waals surface area contributed by atoms with Gasteiger partial charge in [0.1, 0.15) is 5.58 Å². The van der Waals surface area contributed by atoms with E-state index in [2.05, 4.69) is 26.1 Å². The molecule has 1 unspecified atom stereocenters. The minimum Gasteiger partial charge on any atom is -0.475 e. The largest absolute Gasteiger partial charge is 0.475 e. The van der Waals surface area contributed by atoms with E-state index in [0.29, 0.717) is 17.5 Å². The van der Waals surface area contributed by atoms with E-state index in [9.17, 15) is 4.79 Å². The molecular weight excluding hydrogens is 242 g/mol. The molecule has 19 heavy (non-hydrogen) atoms. The van der Waals surface area contributed by atoms with Gasteiger partial charge < -0.3 is 14.8 Å². The average Bonchev–Trinajstić information content (AvgIpc) is 2.78. The zero-order valence-corrected chi connectivity index (χ0v) is 11.4. The molecule has 0 aliphatic heterocycles. The van der Waals surface area contributed by atoms with Crippen LogP contribution in [0.15, 0.2) is 28.7 Å². The molecule has 1 aromatic heterocycles. The maximum atomic E-state index is 10.8. The average molecular weight is 261 g/mol. The van der Waals surface area contributed by atoms with Gasteiger partial charge in [-0.15, -0.1) is 0 Å². The summed E-state index contributed by atoms with van der Waals surface area (Å²) in [5, 5.41) is 13.2. The summed E-state index contributed by atoms with van der Waals surface area (Å²) in [4.78, 5) is 10.8. The molecule has 0 saturated carbocycles. The van der Waals surface area contributed by atoms with Crippen LogP contribution in [0.2, 0.25) is 0 Å². The summed E-state index contributed by atoms with van der Waals surface area (Å²) in [6, 6.07) is 7.74. The minimum atomic E-state index is -1.04. The molecule has 2 N–H and O–H groups in total. The van der Waals surface area contributed by atoms with Crippen LogP contribution in [-0.2, 0) is 6.54 Å². The fraction of sp³-hybridized carbons (Fsp3) is 0.400. The molecule has 0 saturated heterocycles. The van der Waals surface area contributed by atoms with Crippen molar-refractivity contribution in [1.82, 2.24) is 5.32 Å². The number of nitrogens with one attached hydrogen (secondary N) is 1. The van der Waals surface area contributed by atoms with Crippen LogP contribution < -0.4 is 5.32 Å². The maximum Gasteiger partial charge on any atom is 0.371 e. The van der Waals surface area contributed by atoms with Crippen molar-refractivity contribution in [1.29, 1.82) is 0 Å². The Morgan fingerprint density at radius 1 is 1.32 bits per heavy atom. The molecule has 0 spiro atoms. The number of hydrogen-bond donors (Lipinski definition) is 2. The van der Waals surface area contributed by atoms with Crippen molar-refractivity contribution in [3.05, 3.63) is 35.6 Å². The third-order valence-electron chi connectivity index (χ3n) is 3.42. The van der Waals surface area contributed by atoms with Crippen molar-refractivity contribution in [3.8, 4) is 0 Å². The number of carboxylic acid groups (broad SMARTS) is 1. The van der Waals surface area contributed by atoms with Crippen molar-refractivity contribution >= 4 is 16.9 Å². The zero-order valence-electron chi connectivity index (χ0n) is 11.4. The zero-order chi connectivity index (χ0) is 14.0. The summed E-state index contributed by atoms with van der Waals surface area (Å²) in [6.45, 7) is 7.28. The quantitative estimate of drug-likeness (QED) is 0.867. The molecule has 0 aliphatic rings. The number of furan rings is 1. The van der Waals surface area contributed by atoms with E-state index >= 15 is 0 Å². The SMILES string of the molecule is CC(C)C(C)NCc1ccc2oc(C(=O)O)cc2c1. The molecule has 2 aromatic rings. The van der Waals surface area contributed by atoms with Gasteiger partial charge in [-0.2, -0.15) is 0 Å². The molecule has 0 radical (unpaired) electrons. The third-order valence-corrected chi connectivity index (χ3v) is 3.42. The van der Waals surface area contributed by atoms with Gasteiger partial charge in [0.15, 0.2) is 0 Å². The van der Waals surface area contributed by atoms with Crippen LogP contribution in [0.3, 0.4) is 0 Å². The van der Waals surface area contributed by atoms with E-state index in [1.54, 1.807) is 6.07 Å². The highest BCUT2D eigenvalue weighted by molar-refractivity contribution is 5.91. The molecule has 4 nitrogen and oxygen atoms in total. The monoisotopic (exact) mass is 261 g/mol. The summed E-state index contributed by atoms with van der Waals surface area (Å²) in [5.74, 6) is -0.476. The first-order chi connectivity index (χ1) is 8.97. The third kappa shape index (κ3) is 3.15. The van der Waals surface area contributed by atoms with Gasteiger partial charge in [0.25, 0.3) is 0 Å². The lowest BCUT2D eigenvalue weighted by atomic mass is 10.1. The highest BCUT2D eigenvalue weighted by atomic mass is 16.4. The van der Waals surface area contributed by atoms with E-state index < -0.39 is 5.97 Å². The normalized spacial score (nSPS) is 13.1. The maximum absolute atomic E-state index is 10.8. The van der Waals surface area contributed by atoms with Gasteiger partial charge in [0, 0.05) is 18.0 Å². The van der Waals surface area contributed by atoms with E-state index in [1.807, 2.05) is 18.2 Å². The van der Waals surface area contributed by atoms with Gasteiger partial charge in [0.2, 0.25) is 5.76 Å². The molecule has 0 amide bonds. The molecule has 0 aliphatic carbocycles. The first-order valence-electron chi connectivity index (χ1n) is 6.46. The Morgan fingerprint density at radius 3 is 2.68 bits per heavy atom. The van der Waals surface area contributed by atoms with Gasteiger partial charge in [-0.1, -0.05) is 19.9 Å². The van der Waals surface area contributed by atoms with Crippen molar-refractivity contribution in [2.75, 3.05) is 0 Å². The Kier molecular flexibility index (Phi) is 3.90. The Labute approximate surface area is 112 Å². The molecule has 1 heterocycles. The lowest BCUT2D eigenvalue weighted by Gasteiger charge is -2.17. The predicted octanol–water partition coefficient (Wildman–Crippen LogP) is 3.27. The number of hydrogen-bond acceptors (Lipinski definition) is 3. The van der Waals surface area contributed by atoms with Crippen molar-refractivity contribution < 1.29 is 14.3 Å². The van der Waals surface area contributed by atoms with Crippen LogP contribution >= 0.6 is 0 Å². The molecule has 2 rings (SSSR count). The Balaban J connectivity index is 2.15. The lowest BCUT2D eigenvalue weighted by Crippen LogP contribution is -2.30. The molecule has 4 heteroatoms. The van der Waals surface area contributed by atoms with E-state index in [1.165, 1.54) is 0 Å². The highest BCUT2D eigenvalue weighted by Gasteiger charge is 2.11. The van der Waals surface area contributed by atoms with Crippen molar-refractivity contribution in [2.24, 2.45) is 5.92 Å². The first kappa shape index (κ1) is 13.6. The van der Waals surface area contributed by atoms with Crippen molar-refractivity contribution in [2.45, 2.75) is 33.4 Å². The summed E-state index contributed by atoms with van der Waals surface area (Å²) >= 11 is 0. The van der Waals surface area contributed by atoms with Crippen LogP contribution in [0, 0.1) is 5.92 Å². The summed E-state index contributed by atoms with van der Waals surface area (Å²) in [7, 11) is 0. The van der Waals surface area contributed by atoms with Gasteiger partial charge in [-0.05, 0) is 36.6 Å². The highest BCUT2D eigenvalue weighted by Crippen LogP contribution is 2.21. The fourth-order valence-corrected chi connectivity index (χ4v) is 1.82. The van der Waals surface area contributed by atoms with E-state index in [0.717, 1.165) is 17.5 Å². The molecule has 0 bridgehead atoms. The molecular formula is C15H19NO3. The lowest BCUT2D eigenvalue weighted by molar-refractivity contribution is 0.0665. The van der Waals surface area contributed by atoms with Crippen LogP contribution in [-0.4, -0.2) is 17.1 Å². The molecule has 1 aromatic carbocycles. The number of aromatic carboxylic acids is 1. The second kappa shape index (κ2) is 5.45. The molecule has 102 valence electrons. The Morgan fingerprint density at radius 2 is 2.05 bits per heavy atom. The van der Waals surface area contributed by atoms with Crippen LogP contribution in [0.1, 0.15) is 36.9 Å².